The van der Waals surface area contributed by atoms with Crippen LogP contribution in [0.15, 0.2) is 59.1 Å². The van der Waals surface area contributed by atoms with Gasteiger partial charge < -0.3 is 5.32 Å². The van der Waals surface area contributed by atoms with Gasteiger partial charge >= 0.3 is 0 Å². The molecule has 0 radical (unpaired) electrons. The zero-order valence-electron chi connectivity index (χ0n) is 11.5. The van der Waals surface area contributed by atoms with Gasteiger partial charge in [0.05, 0.1) is 5.69 Å². The summed E-state index contributed by atoms with van der Waals surface area (Å²) in [7, 11) is 0. The first-order valence-corrected chi connectivity index (χ1v) is 7.21. The molecule has 106 valence electrons. The number of rotatable bonds is 4. The number of benzene rings is 2. The molecule has 21 heavy (non-hydrogen) atoms. The van der Waals surface area contributed by atoms with E-state index >= 15 is 0 Å². The Morgan fingerprint density at radius 1 is 1.05 bits per heavy atom. The summed E-state index contributed by atoms with van der Waals surface area (Å²) in [6, 6.07) is 14.6. The second kappa shape index (κ2) is 6.99. The molecule has 1 amide bonds. The fourth-order valence-electron chi connectivity index (χ4n) is 1.85. The molecule has 0 aromatic heterocycles. The predicted molar refractivity (Wildman–Crippen MR) is 88.3 cm³/mol. The molecule has 1 N–H and O–H groups in total. The van der Waals surface area contributed by atoms with E-state index in [1.807, 2.05) is 24.3 Å². The van der Waals surface area contributed by atoms with Gasteiger partial charge in [0.25, 0.3) is 0 Å². The van der Waals surface area contributed by atoms with E-state index < -0.39 is 0 Å². The standard InChI is InChI=1S/C17H14BrNO2/c1-12(20)14-7-3-5-9-16(14)19-17(21)11-10-13-6-2-4-8-15(13)18/h2-11H,1H3,(H,19,21). The molecule has 0 heterocycles. The van der Waals surface area contributed by atoms with Crippen LogP contribution in [-0.4, -0.2) is 11.7 Å². The van der Waals surface area contributed by atoms with Crippen molar-refractivity contribution in [2.24, 2.45) is 0 Å². The molecular weight excluding hydrogens is 330 g/mol. The smallest absolute Gasteiger partial charge is 0.248 e. The van der Waals surface area contributed by atoms with E-state index in [0.717, 1.165) is 10.0 Å². The van der Waals surface area contributed by atoms with Gasteiger partial charge in [0, 0.05) is 16.1 Å². The van der Waals surface area contributed by atoms with Crippen LogP contribution in [0.2, 0.25) is 0 Å². The molecule has 2 rings (SSSR count). The molecule has 2 aromatic rings. The first-order chi connectivity index (χ1) is 10.1. The number of ketones is 1. The molecule has 0 spiro atoms. The Morgan fingerprint density at radius 2 is 1.71 bits per heavy atom. The number of amides is 1. The van der Waals surface area contributed by atoms with Crippen LogP contribution >= 0.6 is 15.9 Å². The number of anilines is 1. The lowest BCUT2D eigenvalue weighted by molar-refractivity contribution is -0.111. The van der Waals surface area contributed by atoms with Crippen molar-refractivity contribution in [3.8, 4) is 0 Å². The first kappa shape index (κ1) is 15.2. The average Bonchev–Trinajstić information content (AvgIpc) is 2.47. The van der Waals surface area contributed by atoms with Crippen LogP contribution in [0.1, 0.15) is 22.8 Å². The Bertz CT molecular complexity index is 707. The highest BCUT2D eigenvalue weighted by molar-refractivity contribution is 9.10. The van der Waals surface area contributed by atoms with Crippen molar-refractivity contribution >= 4 is 39.4 Å². The molecule has 4 heteroatoms. The van der Waals surface area contributed by atoms with Gasteiger partial charge in [-0.25, -0.2) is 0 Å². The minimum absolute atomic E-state index is 0.0827. The Kier molecular flexibility index (Phi) is 5.06. The summed E-state index contributed by atoms with van der Waals surface area (Å²) in [5.41, 5.74) is 1.93. The number of carbonyl (C=O) groups is 2. The lowest BCUT2D eigenvalue weighted by Gasteiger charge is -2.06. The molecule has 0 aliphatic heterocycles. The summed E-state index contributed by atoms with van der Waals surface area (Å²) >= 11 is 3.42. The SMILES string of the molecule is CC(=O)c1ccccc1NC(=O)C=Cc1ccccc1Br. The van der Waals surface area contributed by atoms with Crippen LogP contribution in [-0.2, 0) is 4.79 Å². The third-order valence-electron chi connectivity index (χ3n) is 2.88. The molecule has 0 aliphatic rings. The number of hydrogen-bond donors (Lipinski definition) is 1. The van der Waals surface area contributed by atoms with Crippen molar-refractivity contribution in [3.63, 3.8) is 0 Å². The number of Topliss-reactive ketones (excluding diaryl/α,β-unsaturated/α-hetero) is 1. The van der Waals surface area contributed by atoms with Gasteiger partial charge in [-0.05, 0) is 36.8 Å². The van der Waals surface area contributed by atoms with Gasteiger partial charge in [-0.1, -0.05) is 46.3 Å². The summed E-state index contributed by atoms with van der Waals surface area (Å²) in [5, 5.41) is 2.72. The Balaban J connectivity index is 2.13. The van der Waals surface area contributed by atoms with Crippen LogP contribution in [0.25, 0.3) is 6.08 Å². The fourth-order valence-corrected chi connectivity index (χ4v) is 2.27. The largest absolute Gasteiger partial charge is 0.322 e. The number of para-hydroxylation sites is 1. The van der Waals surface area contributed by atoms with Crippen LogP contribution < -0.4 is 5.32 Å². The van der Waals surface area contributed by atoms with E-state index in [4.69, 9.17) is 0 Å². The van der Waals surface area contributed by atoms with Gasteiger partial charge in [0.2, 0.25) is 5.91 Å². The van der Waals surface area contributed by atoms with E-state index in [1.165, 1.54) is 13.0 Å². The molecule has 0 unspecified atom stereocenters. The van der Waals surface area contributed by atoms with Crippen molar-refractivity contribution in [3.05, 3.63) is 70.2 Å². The third-order valence-corrected chi connectivity index (χ3v) is 3.61. The highest BCUT2D eigenvalue weighted by Crippen LogP contribution is 2.18. The molecule has 3 nitrogen and oxygen atoms in total. The summed E-state index contributed by atoms with van der Waals surface area (Å²) in [6.45, 7) is 1.47. The monoisotopic (exact) mass is 343 g/mol. The first-order valence-electron chi connectivity index (χ1n) is 6.41. The number of hydrogen-bond acceptors (Lipinski definition) is 2. The maximum absolute atomic E-state index is 11.9. The van der Waals surface area contributed by atoms with E-state index in [2.05, 4.69) is 21.2 Å². The zero-order valence-corrected chi connectivity index (χ0v) is 13.1. The highest BCUT2D eigenvalue weighted by Gasteiger charge is 2.07. The zero-order chi connectivity index (χ0) is 15.2. The van der Waals surface area contributed by atoms with Gasteiger partial charge in [0.1, 0.15) is 0 Å². The normalized spacial score (nSPS) is 10.6. The lowest BCUT2D eigenvalue weighted by Crippen LogP contribution is -2.11. The molecule has 0 aliphatic carbocycles. The summed E-state index contributed by atoms with van der Waals surface area (Å²) < 4.78 is 0.915. The van der Waals surface area contributed by atoms with E-state index in [-0.39, 0.29) is 11.7 Å². The topological polar surface area (TPSA) is 46.2 Å². The van der Waals surface area contributed by atoms with Gasteiger partial charge in [0.15, 0.2) is 5.78 Å². The molecule has 0 saturated heterocycles. The van der Waals surface area contributed by atoms with Crippen LogP contribution in [0.5, 0.6) is 0 Å². The van der Waals surface area contributed by atoms with Crippen LogP contribution in [0.4, 0.5) is 5.69 Å². The third kappa shape index (κ3) is 4.13. The highest BCUT2D eigenvalue weighted by atomic mass is 79.9. The maximum atomic E-state index is 11.9. The molecule has 0 fully saturated rings. The molecular formula is C17H14BrNO2. The summed E-state index contributed by atoms with van der Waals surface area (Å²) in [6.07, 6.45) is 3.16. The maximum Gasteiger partial charge on any atom is 0.248 e. The lowest BCUT2D eigenvalue weighted by atomic mass is 10.1. The Morgan fingerprint density at radius 3 is 2.43 bits per heavy atom. The average molecular weight is 344 g/mol. The molecule has 0 bridgehead atoms. The van der Waals surface area contributed by atoms with Gasteiger partial charge in [-0.2, -0.15) is 0 Å². The van der Waals surface area contributed by atoms with E-state index in [0.29, 0.717) is 11.3 Å². The van der Waals surface area contributed by atoms with E-state index in [1.54, 1.807) is 30.3 Å². The number of halogens is 1. The molecule has 0 atom stereocenters. The minimum atomic E-state index is -0.278. The number of nitrogens with one attached hydrogen (secondary N) is 1. The quantitative estimate of drug-likeness (QED) is 0.664. The van der Waals surface area contributed by atoms with Crippen molar-refractivity contribution in [2.45, 2.75) is 6.92 Å². The minimum Gasteiger partial charge on any atom is -0.322 e. The van der Waals surface area contributed by atoms with Crippen molar-refractivity contribution in [1.82, 2.24) is 0 Å². The van der Waals surface area contributed by atoms with E-state index in [9.17, 15) is 9.59 Å². The fraction of sp³-hybridized carbons (Fsp3) is 0.0588. The summed E-state index contributed by atoms with van der Waals surface area (Å²) in [4.78, 5) is 23.4. The molecule has 2 aromatic carbocycles. The second-order valence-corrected chi connectivity index (χ2v) is 5.30. The van der Waals surface area contributed by atoms with Crippen molar-refractivity contribution in [2.75, 3.05) is 5.32 Å². The van der Waals surface area contributed by atoms with Crippen LogP contribution in [0, 0.1) is 0 Å². The second-order valence-electron chi connectivity index (χ2n) is 4.45. The van der Waals surface area contributed by atoms with Gasteiger partial charge in [-0.15, -0.1) is 0 Å². The van der Waals surface area contributed by atoms with Crippen LogP contribution in [0.3, 0.4) is 0 Å². The van der Waals surface area contributed by atoms with Crippen molar-refractivity contribution in [1.29, 1.82) is 0 Å². The van der Waals surface area contributed by atoms with Crippen molar-refractivity contribution < 1.29 is 9.59 Å². The molecule has 0 saturated carbocycles. The predicted octanol–water partition coefficient (Wildman–Crippen LogP) is 4.30. The number of carbonyl (C=O) groups excluding carboxylic acids is 2. The summed E-state index contributed by atoms with van der Waals surface area (Å²) in [5.74, 6) is -0.361. The Hall–Kier alpha value is -2.20. The van der Waals surface area contributed by atoms with Gasteiger partial charge in [-0.3, -0.25) is 9.59 Å². The Labute approximate surface area is 131 Å².